The molecule has 0 aromatic carbocycles. The van der Waals surface area contributed by atoms with Crippen molar-refractivity contribution in [1.29, 1.82) is 0 Å². The second-order valence-electron chi connectivity index (χ2n) is 5.14. The van der Waals surface area contributed by atoms with E-state index in [1.165, 1.54) is 11.3 Å². The van der Waals surface area contributed by atoms with Crippen molar-refractivity contribution in [3.8, 4) is 0 Å². The molecular weight excluding hydrogens is 273 g/mol. The van der Waals surface area contributed by atoms with Crippen molar-refractivity contribution in [2.24, 2.45) is 5.92 Å². The van der Waals surface area contributed by atoms with Crippen molar-refractivity contribution in [3.63, 3.8) is 0 Å². The van der Waals surface area contributed by atoms with Gasteiger partial charge in [0, 0.05) is 12.5 Å². The van der Waals surface area contributed by atoms with Crippen molar-refractivity contribution in [2.45, 2.75) is 51.2 Å². The van der Waals surface area contributed by atoms with Crippen LogP contribution in [0.25, 0.3) is 0 Å². The predicted molar refractivity (Wildman–Crippen MR) is 70.3 cm³/mol. The lowest BCUT2D eigenvalue weighted by atomic mass is 10.0. The molecule has 108 valence electrons. The summed E-state index contributed by atoms with van der Waals surface area (Å²) >= 11 is 1.23. The molecule has 1 aliphatic rings. The fourth-order valence-electron chi connectivity index (χ4n) is 2.72. The van der Waals surface area contributed by atoms with E-state index in [-0.39, 0.29) is 12.5 Å². The molecule has 0 spiro atoms. The van der Waals surface area contributed by atoms with Gasteiger partial charge in [-0.2, -0.15) is 13.2 Å². The fraction of sp³-hybridized carbons (Fsp3) is 0.769. The number of nitrogens with zero attached hydrogens (tertiary/aromatic N) is 1. The molecule has 1 saturated carbocycles. The summed E-state index contributed by atoms with van der Waals surface area (Å²) in [5.74, 6) is 0.873. The quantitative estimate of drug-likeness (QED) is 0.900. The van der Waals surface area contributed by atoms with Crippen LogP contribution < -0.4 is 5.32 Å². The summed E-state index contributed by atoms with van der Waals surface area (Å²) in [6.45, 7) is 2.37. The number of hydrogen-bond acceptors (Lipinski definition) is 3. The van der Waals surface area contributed by atoms with Gasteiger partial charge in [0.1, 0.15) is 0 Å². The maximum Gasteiger partial charge on any atom is 0.434 e. The van der Waals surface area contributed by atoms with Crippen LogP contribution in [0.15, 0.2) is 0 Å². The van der Waals surface area contributed by atoms with Gasteiger partial charge in [-0.15, -0.1) is 11.3 Å². The van der Waals surface area contributed by atoms with E-state index in [2.05, 4.69) is 17.2 Å². The van der Waals surface area contributed by atoms with Crippen LogP contribution in [0, 0.1) is 5.92 Å². The summed E-state index contributed by atoms with van der Waals surface area (Å²) in [5.41, 5.74) is -0.693. The van der Waals surface area contributed by atoms with Gasteiger partial charge in [0.05, 0.1) is 9.88 Å². The molecule has 0 saturated heterocycles. The number of halogens is 3. The molecule has 1 heterocycles. The first-order chi connectivity index (χ1) is 8.95. The lowest BCUT2D eigenvalue weighted by Crippen LogP contribution is -2.13. The average Bonchev–Trinajstić information content (AvgIpc) is 2.93. The Balaban J connectivity index is 2.23. The molecule has 6 heteroatoms. The van der Waals surface area contributed by atoms with Crippen LogP contribution in [0.4, 0.5) is 13.2 Å². The second-order valence-corrected chi connectivity index (χ2v) is 6.25. The average molecular weight is 292 g/mol. The number of thiazole rings is 1. The van der Waals surface area contributed by atoms with Gasteiger partial charge in [-0.25, -0.2) is 4.98 Å². The lowest BCUT2D eigenvalue weighted by Gasteiger charge is -2.06. The van der Waals surface area contributed by atoms with E-state index in [4.69, 9.17) is 0 Å². The summed E-state index contributed by atoms with van der Waals surface area (Å²) < 4.78 is 38.8. The van der Waals surface area contributed by atoms with Crippen molar-refractivity contribution < 1.29 is 13.2 Å². The number of nitrogens with one attached hydrogen (secondary N) is 1. The van der Waals surface area contributed by atoms with Crippen LogP contribution in [-0.2, 0) is 12.7 Å². The molecule has 0 amide bonds. The maximum absolute atomic E-state index is 12.9. The van der Waals surface area contributed by atoms with E-state index in [1.807, 2.05) is 0 Å². The van der Waals surface area contributed by atoms with Crippen LogP contribution in [0.1, 0.15) is 54.1 Å². The summed E-state index contributed by atoms with van der Waals surface area (Å²) in [7, 11) is 1.65. The zero-order valence-electron chi connectivity index (χ0n) is 11.2. The SMILES string of the molecule is CCC1CCC(c2nc(C(F)(F)F)c(CNC)s2)C1. The minimum Gasteiger partial charge on any atom is -0.315 e. The minimum absolute atomic E-state index is 0.224. The zero-order valence-corrected chi connectivity index (χ0v) is 12.0. The van der Waals surface area contributed by atoms with E-state index in [0.29, 0.717) is 15.8 Å². The maximum atomic E-state index is 12.9. The zero-order chi connectivity index (χ0) is 14.0. The van der Waals surface area contributed by atoms with Crippen LogP contribution in [0.5, 0.6) is 0 Å². The van der Waals surface area contributed by atoms with Gasteiger partial charge in [-0.1, -0.05) is 13.3 Å². The Labute approximate surface area is 115 Å². The number of aromatic nitrogens is 1. The van der Waals surface area contributed by atoms with Crippen LogP contribution in [0.3, 0.4) is 0 Å². The van der Waals surface area contributed by atoms with Gasteiger partial charge in [0.2, 0.25) is 0 Å². The first kappa shape index (κ1) is 14.8. The molecule has 19 heavy (non-hydrogen) atoms. The second kappa shape index (κ2) is 5.79. The highest BCUT2D eigenvalue weighted by molar-refractivity contribution is 7.11. The van der Waals surface area contributed by atoms with Crippen LogP contribution in [0.2, 0.25) is 0 Å². The summed E-state index contributed by atoms with van der Waals surface area (Å²) in [6.07, 6.45) is -0.160. The Bertz CT molecular complexity index is 428. The molecular formula is C13H19F3N2S. The van der Waals surface area contributed by atoms with Gasteiger partial charge in [-0.3, -0.25) is 0 Å². The van der Waals surface area contributed by atoms with Gasteiger partial charge in [0.25, 0.3) is 0 Å². The Morgan fingerprint density at radius 2 is 2.11 bits per heavy atom. The van der Waals surface area contributed by atoms with Gasteiger partial charge < -0.3 is 5.32 Å². The van der Waals surface area contributed by atoms with E-state index in [0.717, 1.165) is 25.7 Å². The van der Waals surface area contributed by atoms with E-state index >= 15 is 0 Å². The molecule has 1 aromatic rings. The highest BCUT2D eigenvalue weighted by atomic mass is 32.1. The van der Waals surface area contributed by atoms with E-state index in [1.54, 1.807) is 7.05 Å². The van der Waals surface area contributed by atoms with Gasteiger partial charge in [-0.05, 0) is 32.2 Å². The topological polar surface area (TPSA) is 24.9 Å². The standard InChI is InChI=1S/C13H19F3N2S/c1-3-8-4-5-9(6-8)12-18-11(13(14,15)16)10(19-12)7-17-2/h8-9,17H,3-7H2,1-2H3. The fourth-order valence-corrected chi connectivity index (χ4v) is 3.96. The molecule has 2 atom stereocenters. The first-order valence-electron chi connectivity index (χ1n) is 6.67. The predicted octanol–water partition coefficient (Wildman–Crippen LogP) is 4.18. The molecule has 1 aliphatic carbocycles. The van der Waals surface area contributed by atoms with E-state index in [9.17, 15) is 13.2 Å². The monoisotopic (exact) mass is 292 g/mol. The Kier molecular flexibility index (Phi) is 4.50. The number of hydrogen-bond donors (Lipinski definition) is 1. The first-order valence-corrected chi connectivity index (χ1v) is 7.48. The van der Waals surface area contributed by atoms with Crippen molar-refractivity contribution in [1.82, 2.24) is 10.3 Å². The molecule has 2 unspecified atom stereocenters. The van der Waals surface area contributed by atoms with Crippen LogP contribution >= 0.6 is 11.3 Å². The minimum atomic E-state index is -4.34. The van der Waals surface area contributed by atoms with Gasteiger partial charge >= 0.3 is 6.18 Å². The Morgan fingerprint density at radius 3 is 2.63 bits per heavy atom. The summed E-state index contributed by atoms with van der Waals surface area (Å²) in [4.78, 5) is 4.21. The summed E-state index contributed by atoms with van der Waals surface area (Å²) in [6, 6.07) is 0. The Hall–Kier alpha value is -0.620. The third-order valence-corrected chi connectivity index (χ3v) is 5.01. The highest BCUT2D eigenvalue weighted by Gasteiger charge is 2.38. The smallest absolute Gasteiger partial charge is 0.315 e. The van der Waals surface area contributed by atoms with Gasteiger partial charge in [0.15, 0.2) is 5.69 Å². The number of rotatable bonds is 4. The molecule has 1 aromatic heterocycles. The third kappa shape index (κ3) is 3.28. The van der Waals surface area contributed by atoms with Crippen molar-refractivity contribution >= 4 is 11.3 Å². The van der Waals surface area contributed by atoms with Crippen molar-refractivity contribution in [2.75, 3.05) is 7.05 Å². The molecule has 2 rings (SSSR count). The largest absolute Gasteiger partial charge is 0.434 e. The third-order valence-electron chi connectivity index (χ3n) is 3.79. The molecule has 1 fully saturated rings. The molecule has 0 aliphatic heterocycles. The Morgan fingerprint density at radius 1 is 1.37 bits per heavy atom. The number of alkyl halides is 3. The molecule has 0 bridgehead atoms. The highest BCUT2D eigenvalue weighted by Crippen LogP contribution is 2.43. The molecule has 2 nitrogen and oxygen atoms in total. The normalized spacial score (nSPS) is 24.1. The lowest BCUT2D eigenvalue weighted by molar-refractivity contribution is -0.141. The van der Waals surface area contributed by atoms with Crippen LogP contribution in [-0.4, -0.2) is 12.0 Å². The molecule has 0 radical (unpaired) electrons. The van der Waals surface area contributed by atoms with Crippen molar-refractivity contribution in [3.05, 3.63) is 15.6 Å². The van der Waals surface area contributed by atoms with E-state index < -0.39 is 11.9 Å². The molecule has 1 N–H and O–H groups in total. The summed E-state index contributed by atoms with van der Waals surface area (Å²) in [5, 5.41) is 3.47.